The third-order valence-electron chi connectivity index (χ3n) is 4.13. The van der Waals surface area contributed by atoms with E-state index in [1.165, 1.54) is 0 Å². The van der Waals surface area contributed by atoms with Gasteiger partial charge in [-0.3, -0.25) is 0 Å². The van der Waals surface area contributed by atoms with Gasteiger partial charge in [-0.25, -0.2) is 4.98 Å². The Morgan fingerprint density at radius 3 is 2.77 bits per heavy atom. The van der Waals surface area contributed by atoms with Crippen molar-refractivity contribution in [3.05, 3.63) is 51.4 Å². The van der Waals surface area contributed by atoms with Crippen LogP contribution in [-0.4, -0.2) is 14.3 Å². The van der Waals surface area contributed by atoms with Gasteiger partial charge in [0.15, 0.2) is 0 Å². The van der Waals surface area contributed by atoms with E-state index in [2.05, 4.69) is 9.71 Å². The molecule has 3 heterocycles. The van der Waals surface area contributed by atoms with Gasteiger partial charge in [-0.1, -0.05) is 11.6 Å². The molecule has 0 bridgehead atoms. The summed E-state index contributed by atoms with van der Waals surface area (Å²) in [6.07, 6.45) is 2.34. The molecule has 0 spiro atoms. The lowest BCUT2D eigenvalue weighted by Crippen LogP contribution is -2.40. The van der Waals surface area contributed by atoms with E-state index in [1.54, 1.807) is 17.6 Å². The lowest BCUT2D eigenvalue weighted by molar-refractivity contribution is 0.521. The highest BCUT2D eigenvalue weighted by Crippen LogP contribution is 2.38. The standard InChI is InChI=1S/C19H23ClN2O2S2/c1-11-16-18(25-17(11)12(2)22-26(23)19(3,4)5)13(10-15(20)21-16)9-14-7-6-8-24-14/h6-8,10,12,22H,9H2,1-5H3/t12-,26?/m1/s1. The maximum absolute atomic E-state index is 12.5. The summed E-state index contributed by atoms with van der Waals surface area (Å²) in [6.45, 7) is 9.97. The van der Waals surface area contributed by atoms with E-state index in [0.717, 1.165) is 32.0 Å². The van der Waals surface area contributed by atoms with Crippen LogP contribution in [0.3, 0.4) is 0 Å². The van der Waals surface area contributed by atoms with E-state index in [9.17, 15) is 4.55 Å². The number of fused-ring (bicyclic) bond motifs is 1. The molecule has 0 saturated carbocycles. The zero-order valence-corrected chi connectivity index (χ0v) is 17.9. The van der Waals surface area contributed by atoms with Crippen LogP contribution in [0.1, 0.15) is 55.5 Å². The molecule has 0 fully saturated rings. The smallest absolute Gasteiger partial charge is 0.136 e. The van der Waals surface area contributed by atoms with Crippen LogP contribution in [-0.2, 0) is 17.8 Å². The molecule has 140 valence electrons. The molecule has 0 amide bonds. The SMILES string of the molecule is Cc1c([C@@H](C)N[S+]([O-])C(C)(C)C)sc2c(Cc3ccco3)cc(Cl)nc12. The van der Waals surface area contributed by atoms with E-state index >= 15 is 0 Å². The van der Waals surface area contributed by atoms with Gasteiger partial charge in [-0.05, 0) is 63.9 Å². The molecule has 0 aliphatic heterocycles. The zero-order chi connectivity index (χ0) is 19.1. The first kappa shape index (κ1) is 19.7. The Hall–Kier alpha value is -1.05. The number of rotatable bonds is 5. The number of nitrogens with one attached hydrogen (secondary N) is 1. The van der Waals surface area contributed by atoms with Gasteiger partial charge in [0.25, 0.3) is 0 Å². The third kappa shape index (κ3) is 4.10. The van der Waals surface area contributed by atoms with Crippen LogP contribution < -0.4 is 4.72 Å². The van der Waals surface area contributed by atoms with Gasteiger partial charge in [-0.2, -0.15) is 0 Å². The van der Waals surface area contributed by atoms with Gasteiger partial charge in [0.1, 0.15) is 15.7 Å². The number of aromatic nitrogens is 1. The van der Waals surface area contributed by atoms with Crippen molar-refractivity contribution in [1.29, 1.82) is 0 Å². The fourth-order valence-electron chi connectivity index (χ4n) is 2.76. The number of thiophene rings is 1. The number of pyridine rings is 1. The Labute approximate surface area is 166 Å². The molecule has 0 saturated heterocycles. The van der Waals surface area contributed by atoms with Crippen molar-refractivity contribution in [2.75, 3.05) is 0 Å². The quantitative estimate of drug-likeness (QED) is 0.442. The lowest BCUT2D eigenvalue weighted by Gasteiger charge is -2.26. The fourth-order valence-corrected chi connectivity index (χ4v) is 5.10. The minimum Gasteiger partial charge on any atom is -0.598 e. The van der Waals surface area contributed by atoms with E-state index in [4.69, 9.17) is 16.0 Å². The largest absolute Gasteiger partial charge is 0.598 e. The van der Waals surface area contributed by atoms with Crippen molar-refractivity contribution in [1.82, 2.24) is 9.71 Å². The molecule has 3 aromatic heterocycles. The first-order valence-corrected chi connectivity index (χ1v) is 10.8. The summed E-state index contributed by atoms with van der Waals surface area (Å²) in [5, 5.41) is 0.477. The van der Waals surface area contributed by atoms with Crippen LogP contribution in [0.25, 0.3) is 10.2 Å². The number of furan rings is 1. The Balaban J connectivity index is 1.99. The molecule has 4 nitrogen and oxygen atoms in total. The highest BCUT2D eigenvalue weighted by molar-refractivity contribution is 7.90. The van der Waals surface area contributed by atoms with Crippen molar-refractivity contribution in [2.24, 2.45) is 0 Å². The maximum Gasteiger partial charge on any atom is 0.136 e. The number of nitrogens with zero attached hydrogens (tertiary/aromatic N) is 1. The molecule has 7 heteroatoms. The maximum atomic E-state index is 12.5. The minimum atomic E-state index is -1.14. The Kier molecular flexibility index (Phi) is 5.70. The first-order valence-electron chi connectivity index (χ1n) is 8.45. The summed E-state index contributed by atoms with van der Waals surface area (Å²) in [5.41, 5.74) is 3.09. The molecule has 1 N–H and O–H groups in total. The van der Waals surface area contributed by atoms with Gasteiger partial charge < -0.3 is 8.97 Å². The number of aryl methyl sites for hydroxylation is 1. The Morgan fingerprint density at radius 1 is 1.42 bits per heavy atom. The minimum absolute atomic E-state index is 0.0375. The molecule has 3 aromatic rings. The van der Waals surface area contributed by atoms with Crippen molar-refractivity contribution in [2.45, 2.75) is 51.8 Å². The van der Waals surface area contributed by atoms with Crippen LogP contribution in [0.15, 0.2) is 28.9 Å². The van der Waals surface area contributed by atoms with Crippen LogP contribution in [0, 0.1) is 6.92 Å². The number of halogens is 1. The van der Waals surface area contributed by atoms with Gasteiger partial charge in [0.05, 0.1) is 22.5 Å². The first-order chi connectivity index (χ1) is 12.2. The van der Waals surface area contributed by atoms with Gasteiger partial charge in [-0.15, -0.1) is 16.1 Å². The molecule has 0 aliphatic carbocycles. The van der Waals surface area contributed by atoms with Crippen LogP contribution in [0.4, 0.5) is 0 Å². The summed E-state index contributed by atoms with van der Waals surface area (Å²) in [6, 6.07) is 5.70. The highest BCUT2D eigenvalue weighted by Gasteiger charge is 2.30. The molecular formula is C19H23ClN2O2S2. The van der Waals surface area contributed by atoms with Crippen molar-refractivity contribution < 1.29 is 8.97 Å². The molecule has 2 atom stereocenters. The van der Waals surface area contributed by atoms with Crippen LogP contribution >= 0.6 is 22.9 Å². The number of hydrogen-bond acceptors (Lipinski definition) is 5. The topological polar surface area (TPSA) is 61.1 Å². The van der Waals surface area contributed by atoms with Crippen LogP contribution in [0.5, 0.6) is 0 Å². The van der Waals surface area contributed by atoms with Gasteiger partial charge in [0.2, 0.25) is 0 Å². The van der Waals surface area contributed by atoms with E-state index in [-0.39, 0.29) is 10.8 Å². The van der Waals surface area contributed by atoms with Gasteiger partial charge in [0, 0.05) is 22.7 Å². The molecule has 0 aromatic carbocycles. The Bertz CT molecular complexity index is 901. The van der Waals surface area contributed by atoms with Crippen molar-refractivity contribution in [3.8, 4) is 0 Å². The summed E-state index contributed by atoms with van der Waals surface area (Å²) in [7, 11) is 0. The van der Waals surface area contributed by atoms with Crippen molar-refractivity contribution in [3.63, 3.8) is 0 Å². The fraction of sp³-hybridized carbons (Fsp3) is 0.421. The molecule has 0 radical (unpaired) electrons. The van der Waals surface area contributed by atoms with E-state index in [1.807, 2.05) is 52.8 Å². The van der Waals surface area contributed by atoms with Crippen molar-refractivity contribution >= 4 is 44.5 Å². The molecule has 3 rings (SSSR count). The zero-order valence-electron chi connectivity index (χ0n) is 15.6. The summed E-state index contributed by atoms with van der Waals surface area (Å²) in [5.74, 6) is 0.890. The lowest BCUT2D eigenvalue weighted by atomic mass is 10.1. The summed E-state index contributed by atoms with van der Waals surface area (Å²) >= 11 is 6.81. The average molecular weight is 411 g/mol. The molecular weight excluding hydrogens is 388 g/mol. The van der Waals surface area contributed by atoms with Gasteiger partial charge >= 0.3 is 0 Å². The van der Waals surface area contributed by atoms with E-state index < -0.39 is 11.4 Å². The van der Waals surface area contributed by atoms with Crippen LogP contribution in [0.2, 0.25) is 5.15 Å². The van der Waals surface area contributed by atoms with E-state index in [0.29, 0.717) is 11.6 Å². The normalized spacial score (nSPS) is 14.7. The predicted octanol–water partition coefficient (Wildman–Crippen LogP) is 5.55. The molecule has 26 heavy (non-hydrogen) atoms. The Morgan fingerprint density at radius 2 is 2.15 bits per heavy atom. The third-order valence-corrected chi connectivity index (χ3v) is 7.55. The molecule has 0 aliphatic rings. The monoisotopic (exact) mass is 410 g/mol. The second kappa shape index (κ2) is 7.52. The second-order valence-corrected chi connectivity index (χ2v) is 10.8. The predicted molar refractivity (Wildman–Crippen MR) is 110 cm³/mol. The average Bonchev–Trinajstić information content (AvgIpc) is 3.15. The molecule has 1 unspecified atom stereocenters. The summed E-state index contributed by atoms with van der Waals surface area (Å²) < 4.78 is 22.0. The summed E-state index contributed by atoms with van der Waals surface area (Å²) in [4.78, 5) is 5.67. The highest BCUT2D eigenvalue weighted by atomic mass is 35.5. The number of hydrogen-bond donors (Lipinski definition) is 1. The second-order valence-electron chi connectivity index (χ2n) is 7.35.